The minimum atomic E-state index is -3.89. The van der Waals surface area contributed by atoms with Crippen LogP contribution < -0.4 is 9.46 Å². The van der Waals surface area contributed by atoms with Gasteiger partial charge in [-0.1, -0.05) is 6.07 Å². The Morgan fingerprint density at radius 2 is 2.00 bits per heavy atom. The topological polar surface area (TPSA) is 79.2 Å². The van der Waals surface area contributed by atoms with Gasteiger partial charge in [0, 0.05) is 6.07 Å². The number of rotatable bonds is 4. The van der Waals surface area contributed by atoms with Crippen LogP contribution in [0.3, 0.4) is 0 Å². The van der Waals surface area contributed by atoms with Crippen molar-refractivity contribution in [2.24, 2.45) is 0 Å². The standard InChI is InChI=1S/C14H11FN2O3S/c1-20-14-6-5-11(8-13(14)15)17-21(18,19)12-4-2-3-10(7-12)9-16/h2-8,17H,1H3. The lowest BCUT2D eigenvalue weighted by Crippen LogP contribution is -2.13. The Bertz CT molecular complexity index is 813. The lowest BCUT2D eigenvalue weighted by Gasteiger charge is -2.09. The summed E-state index contributed by atoms with van der Waals surface area (Å²) in [6.45, 7) is 0. The molecule has 21 heavy (non-hydrogen) atoms. The fourth-order valence-corrected chi connectivity index (χ4v) is 2.77. The number of hydrogen-bond acceptors (Lipinski definition) is 4. The molecule has 0 aliphatic rings. The molecule has 7 heteroatoms. The van der Waals surface area contributed by atoms with Crippen molar-refractivity contribution < 1.29 is 17.5 Å². The summed E-state index contributed by atoms with van der Waals surface area (Å²) in [5, 5.41) is 8.78. The smallest absolute Gasteiger partial charge is 0.261 e. The molecule has 0 spiro atoms. The van der Waals surface area contributed by atoms with Crippen LogP contribution >= 0.6 is 0 Å². The van der Waals surface area contributed by atoms with Crippen molar-refractivity contribution in [2.45, 2.75) is 4.90 Å². The van der Waals surface area contributed by atoms with Crippen molar-refractivity contribution in [3.8, 4) is 11.8 Å². The van der Waals surface area contributed by atoms with Gasteiger partial charge in [0.1, 0.15) is 0 Å². The second-order valence-corrected chi connectivity index (χ2v) is 5.78. The summed E-state index contributed by atoms with van der Waals surface area (Å²) < 4.78 is 44.9. The monoisotopic (exact) mass is 306 g/mol. The molecule has 0 radical (unpaired) electrons. The number of benzene rings is 2. The molecule has 0 amide bonds. The van der Waals surface area contributed by atoms with Crippen molar-refractivity contribution in [3.05, 3.63) is 53.8 Å². The van der Waals surface area contributed by atoms with Gasteiger partial charge in [0.15, 0.2) is 11.6 Å². The third-order valence-electron chi connectivity index (χ3n) is 2.68. The van der Waals surface area contributed by atoms with Crippen LogP contribution in [0.2, 0.25) is 0 Å². The third-order valence-corrected chi connectivity index (χ3v) is 4.06. The number of ether oxygens (including phenoxy) is 1. The van der Waals surface area contributed by atoms with Gasteiger partial charge in [0.25, 0.3) is 10.0 Å². The molecule has 0 aliphatic carbocycles. The number of nitriles is 1. The summed E-state index contributed by atoms with van der Waals surface area (Å²) in [6, 6.07) is 11.1. The van der Waals surface area contributed by atoms with E-state index in [9.17, 15) is 12.8 Å². The highest BCUT2D eigenvalue weighted by Gasteiger charge is 2.15. The summed E-state index contributed by atoms with van der Waals surface area (Å²) in [5.74, 6) is -0.659. The molecule has 0 saturated carbocycles. The molecule has 0 aliphatic heterocycles. The van der Waals surface area contributed by atoms with Gasteiger partial charge in [-0.2, -0.15) is 5.26 Å². The van der Waals surface area contributed by atoms with Gasteiger partial charge in [-0.05, 0) is 30.3 Å². The molecule has 0 bridgehead atoms. The highest BCUT2D eigenvalue weighted by Crippen LogP contribution is 2.23. The van der Waals surface area contributed by atoms with E-state index in [-0.39, 0.29) is 21.9 Å². The number of anilines is 1. The summed E-state index contributed by atoms with van der Waals surface area (Å²) >= 11 is 0. The van der Waals surface area contributed by atoms with Crippen molar-refractivity contribution in [1.82, 2.24) is 0 Å². The van der Waals surface area contributed by atoms with E-state index in [1.807, 2.05) is 6.07 Å². The normalized spacial score (nSPS) is 10.7. The van der Waals surface area contributed by atoms with Crippen molar-refractivity contribution >= 4 is 15.7 Å². The number of nitrogens with zero attached hydrogens (tertiary/aromatic N) is 1. The molecular weight excluding hydrogens is 295 g/mol. The van der Waals surface area contributed by atoms with Crippen molar-refractivity contribution in [3.63, 3.8) is 0 Å². The SMILES string of the molecule is COc1ccc(NS(=O)(=O)c2cccc(C#N)c2)cc1F. The van der Waals surface area contributed by atoms with Crippen LogP contribution in [0.1, 0.15) is 5.56 Å². The highest BCUT2D eigenvalue weighted by atomic mass is 32.2. The van der Waals surface area contributed by atoms with Gasteiger partial charge >= 0.3 is 0 Å². The van der Waals surface area contributed by atoms with E-state index in [0.29, 0.717) is 0 Å². The van der Waals surface area contributed by atoms with E-state index < -0.39 is 15.8 Å². The van der Waals surface area contributed by atoms with Gasteiger partial charge in [-0.3, -0.25) is 4.72 Å². The van der Waals surface area contributed by atoms with Gasteiger partial charge in [-0.15, -0.1) is 0 Å². The third kappa shape index (κ3) is 3.30. The maximum absolute atomic E-state index is 13.5. The molecule has 0 unspecified atom stereocenters. The van der Waals surface area contributed by atoms with E-state index >= 15 is 0 Å². The molecule has 108 valence electrons. The summed E-state index contributed by atoms with van der Waals surface area (Å²) in [5.41, 5.74) is 0.287. The predicted molar refractivity (Wildman–Crippen MR) is 74.9 cm³/mol. The van der Waals surface area contributed by atoms with E-state index in [4.69, 9.17) is 10.00 Å². The van der Waals surface area contributed by atoms with E-state index in [1.165, 1.54) is 43.5 Å². The van der Waals surface area contributed by atoms with Crippen molar-refractivity contribution in [1.29, 1.82) is 5.26 Å². The molecule has 0 fully saturated rings. The molecule has 0 aromatic heterocycles. The summed E-state index contributed by atoms with van der Waals surface area (Å²) in [7, 11) is -2.58. The Morgan fingerprint density at radius 1 is 1.24 bits per heavy atom. The summed E-state index contributed by atoms with van der Waals surface area (Å²) in [6.07, 6.45) is 0. The molecule has 5 nitrogen and oxygen atoms in total. The lowest BCUT2D eigenvalue weighted by molar-refractivity contribution is 0.386. The van der Waals surface area contributed by atoms with Crippen LogP contribution in [0.15, 0.2) is 47.4 Å². The Balaban J connectivity index is 2.33. The number of hydrogen-bond donors (Lipinski definition) is 1. The van der Waals surface area contributed by atoms with Crippen LogP contribution in [0.5, 0.6) is 5.75 Å². The second-order valence-electron chi connectivity index (χ2n) is 4.09. The Labute approximate surface area is 121 Å². The minimum Gasteiger partial charge on any atom is -0.494 e. The van der Waals surface area contributed by atoms with E-state index in [2.05, 4.69) is 4.72 Å². The molecule has 0 heterocycles. The fraction of sp³-hybridized carbons (Fsp3) is 0.0714. The number of halogens is 1. The quantitative estimate of drug-likeness (QED) is 0.941. The Hall–Kier alpha value is -2.59. The predicted octanol–water partition coefficient (Wildman–Crippen LogP) is 2.51. The summed E-state index contributed by atoms with van der Waals surface area (Å²) in [4.78, 5) is -0.0715. The number of methoxy groups -OCH3 is 1. The van der Waals surface area contributed by atoms with Gasteiger partial charge in [0.05, 0.1) is 29.3 Å². The maximum atomic E-state index is 13.5. The first kappa shape index (κ1) is 14.8. The highest BCUT2D eigenvalue weighted by molar-refractivity contribution is 7.92. The zero-order valence-electron chi connectivity index (χ0n) is 11.0. The maximum Gasteiger partial charge on any atom is 0.261 e. The fourth-order valence-electron chi connectivity index (χ4n) is 1.68. The number of sulfonamides is 1. The molecule has 2 aromatic rings. The molecule has 1 N–H and O–H groups in total. The van der Waals surface area contributed by atoms with Crippen LogP contribution in [0, 0.1) is 17.1 Å². The van der Waals surface area contributed by atoms with Crippen LogP contribution in [0.4, 0.5) is 10.1 Å². The molecule has 2 rings (SSSR count). The van der Waals surface area contributed by atoms with Crippen LogP contribution in [0.25, 0.3) is 0 Å². The Morgan fingerprint density at radius 3 is 2.62 bits per heavy atom. The molecular formula is C14H11FN2O3S. The zero-order valence-corrected chi connectivity index (χ0v) is 11.8. The van der Waals surface area contributed by atoms with E-state index in [1.54, 1.807) is 0 Å². The average molecular weight is 306 g/mol. The van der Waals surface area contributed by atoms with Gasteiger partial charge < -0.3 is 4.74 Å². The minimum absolute atomic E-state index is 0.0180. The van der Waals surface area contributed by atoms with Crippen LogP contribution in [-0.2, 0) is 10.0 Å². The van der Waals surface area contributed by atoms with Crippen molar-refractivity contribution in [2.75, 3.05) is 11.8 Å². The molecule has 0 atom stereocenters. The largest absolute Gasteiger partial charge is 0.494 e. The Kier molecular flexibility index (Phi) is 4.10. The van der Waals surface area contributed by atoms with E-state index in [0.717, 1.165) is 6.07 Å². The van der Waals surface area contributed by atoms with Gasteiger partial charge in [0.2, 0.25) is 0 Å². The van der Waals surface area contributed by atoms with Gasteiger partial charge in [-0.25, -0.2) is 12.8 Å². The van der Waals surface area contributed by atoms with Crippen LogP contribution in [-0.4, -0.2) is 15.5 Å². The second kappa shape index (κ2) is 5.81. The molecule has 0 saturated heterocycles. The zero-order chi connectivity index (χ0) is 15.5. The number of nitrogens with one attached hydrogen (secondary N) is 1. The first-order valence-corrected chi connectivity index (χ1v) is 7.31. The first-order valence-electron chi connectivity index (χ1n) is 5.83. The molecule has 2 aromatic carbocycles. The first-order chi connectivity index (χ1) is 9.96. The lowest BCUT2D eigenvalue weighted by atomic mass is 10.2. The average Bonchev–Trinajstić information content (AvgIpc) is 2.47.